The van der Waals surface area contributed by atoms with Crippen molar-refractivity contribution < 1.29 is 9.53 Å². The molecule has 0 spiro atoms. The van der Waals surface area contributed by atoms with Gasteiger partial charge in [0, 0.05) is 13.2 Å². The van der Waals surface area contributed by atoms with Crippen LogP contribution in [0.15, 0.2) is 0 Å². The highest BCUT2D eigenvalue weighted by Crippen LogP contribution is 2.25. The summed E-state index contributed by atoms with van der Waals surface area (Å²) in [5.74, 6) is 0.630. The summed E-state index contributed by atoms with van der Waals surface area (Å²) in [7, 11) is 1.58. The van der Waals surface area contributed by atoms with Crippen molar-refractivity contribution in [3.05, 3.63) is 0 Å². The average molecular weight is 241 g/mol. The number of ether oxygens (including phenoxy) is 1. The first-order valence-corrected chi connectivity index (χ1v) is 6.83. The summed E-state index contributed by atoms with van der Waals surface area (Å²) in [6.07, 6.45) is 7.79. The van der Waals surface area contributed by atoms with E-state index in [0.29, 0.717) is 5.92 Å². The maximum Gasteiger partial charge on any atom is 0.251 e. The van der Waals surface area contributed by atoms with Crippen molar-refractivity contribution in [3.63, 3.8) is 0 Å². The van der Waals surface area contributed by atoms with E-state index in [4.69, 9.17) is 4.74 Å². The smallest absolute Gasteiger partial charge is 0.251 e. The third-order valence-electron chi connectivity index (χ3n) is 4.02. The molecule has 1 saturated carbocycles. The summed E-state index contributed by atoms with van der Waals surface area (Å²) in [6.45, 7) is 5.74. The number of carbonyl (C=O) groups excluding carboxylic acids is 1. The maximum atomic E-state index is 12.0. The molecule has 0 saturated heterocycles. The number of amides is 1. The topological polar surface area (TPSA) is 38.3 Å². The SMILES string of the molecule is COC(C)(C)C(=O)N[C@@H](C)C1CCCCCC1. The minimum atomic E-state index is -0.723. The summed E-state index contributed by atoms with van der Waals surface area (Å²) in [4.78, 5) is 12.0. The molecule has 3 nitrogen and oxygen atoms in total. The number of carbonyl (C=O) groups is 1. The highest BCUT2D eigenvalue weighted by molar-refractivity contribution is 5.84. The van der Waals surface area contributed by atoms with Crippen LogP contribution >= 0.6 is 0 Å². The standard InChI is InChI=1S/C14H27NO2/c1-11(12-9-7-5-6-8-10-12)15-13(16)14(2,3)17-4/h11-12H,5-10H2,1-4H3,(H,15,16)/t11-/m0/s1. The average Bonchev–Trinajstić information content (AvgIpc) is 2.57. The van der Waals surface area contributed by atoms with E-state index in [2.05, 4.69) is 12.2 Å². The molecule has 0 aromatic rings. The summed E-state index contributed by atoms with van der Waals surface area (Å²) in [5.41, 5.74) is -0.723. The summed E-state index contributed by atoms with van der Waals surface area (Å²) < 4.78 is 5.20. The Morgan fingerprint density at radius 3 is 2.24 bits per heavy atom. The molecule has 1 aliphatic carbocycles. The number of hydrogen-bond acceptors (Lipinski definition) is 2. The molecule has 0 aromatic carbocycles. The van der Waals surface area contributed by atoms with Crippen LogP contribution in [0, 0.1) is 5.92 Å². The predicted octanol–water partition coefficient (Wildman–Crippen LogP) is 2.89. The fourth-order valence-corrected chi connectivity index (χ4v) is 2.40. The van der Waals surface area contributed by atoms with Gasteiger partial charge in [-0.2, -0.15) is 0 Å². The number of methoxy groups -OCH3 is 1. The summed E-state index contributed by atoms with van der Waals surface area (Å²) in [5, 5.41) is 3.10. The van der Waals surface area contributed by atoms with E-state index in [-0.39, 0.29) is 11.9 Å². The largest absolute Gasteiger partial charge is 0.369 e. The Morgan fingerprint density at radius 2 is 1.76 bits per heavy atom. The lowest BCUT2D eigenvalue weighted by Crippen LogP contribution is -2.49. The van der Waals surface area contributed by atoms with E-state index in [1.54, 1.807) is 7.11 Å². The van der Waals surface area contributed by atoms with Crippen LogP contribution in [0.5, 0.6) is 0 Å². The van der Waals surface area contributed by atoms with E-state index in [9.17, 15) is 4.79 Å². The minimum Gasteiger partial charge on any atom is -0.369 e. The van der Waals surface area contributed by atoms with E-state index in [1.165, 1.54) is 38.5 Å². The van der Waals surface area contributed by atoms with E-state index >= 15 is 0 Å². The quantitative estimate of drug-likeness (QED) is 0.769. The normalized spacial score (nSPS) is 20.7. The Bertz CT molecular complexity index is 243. The molecule has 1 fully saturated rings. The minimum absolute atomic E-state index is 0.00301. The molecule has 1 rings (SSSR count). The van der Waals surface area contributed by atoms with Gasteiger partial charge >= 0.3 is 0 Å². The van der Waals surface area contributed by atoms with Crippen molar-refractivity contribution in [1.29, 1.82) is 0 Å². The maximum absolute atomic E-state index is 12.0. The lowest BCUT2D eigenvalue weighted by molar-refractivity contribution is -0.140. The molecule has 1 N–H and O–H groups in total. The molecule has 0 aliphatic heterocycles. The Morgan fingerprint density at radius 1 is 1.24 bits per heavy atom. The second kappa shape index (κ2) is 6.39. The van der Waals surface area contributed by atoms with Crippen molar-refractivity contribution >= 4 is 5.91 Å². The molecule has 0 bridgehead atoms. The van der Waals surface area contributed by atoms with Crippen LogP contribution in [0.3, 0.4) is 0 Å². The van der Waals surface area contributed by atoms with Crippen LogP contribution in [0.25, 0.3) is 0 Å². The molecule has 1 aliphatic rings. The van der Waals surface area contributed by atoms with Gasteiger partial charge in [0.2, 0.25) is 0 Å². The van der Waals surface area contributed by atoms with Crippen LogP contribution < -0.4 is 5.32 Å². The molecule has 0 aromatic heterocycles. The molecule has 1 atom stereocenters. The Kier molecular flexibility index (Phi) is 5.44. The first kappa shape index (κ1) is 14.5. The van der Waals surface area contributed by atoms with Crippen molar-refractivity contribution in [1.82, 2.24) is 5.32 Å². The number of nitrogens with one attached hydrogen (secondary N) is 1. The zero-order valence-electron chi connectivity index (χ0n) is 11.7. The van der Waals surface area contributed by atoms with Gasteiger partial charge in [0.05, 0.1) is 0 Å². The molecule has 3 heteroatoms. The van der Waals surface area contributed by atoms with Gasteiger partial charge < -0.3 is 10.1 Å². The van der Waals surface area contributed by atoms with Crippen LogP contribution in [-0.4, -0.2) is 24.7 Å². The first-order chi connectivity index (χ1) is 7.97. The summed E-state index contributed by atoms with van der Waals surface area (Å²) in [6, 6.07) is 0.259. The van der Waals surface area contributed by atoms with Crippen LogP contribution in [-0.2, 0) is 9.53 Å². The molecule has 0 heterocycles. The molecular weight excluding hydrogens is 214 g/mol. The molecule has 0 radical (unpaired) electrons. The molecule has 17 heavy (non-hydrogen) atoms. The van der Waals surface area contributed by atoms with Crippen LogP contribution in [0.4, 0.5) is 0 Å². The second-order valence-corrected chi connectivity index (χ2v) is 5.73. The van der Waals surface area contributed by atoms with Crippen molar-refractivity contribution in [3.8, 4) is 0 Å². The molecule has 100 valence electrons. The van der Waals surface area contributed by atoms with Crippen LogP contribution in [0.2, 0.25) is 0 Å². The van der Waals surface area contributed by atoms with Gasteiger partial charge in [-0.05, 0) is 39.5 Å². The Balaban J connectivity index is 2.47. The zero-order valence-corrected chi connectivity index (χ0v) is 11.7. The van der Waals surface area contributed by atoms with Gasteiger partial charge in [0.15, 0.2) is 0 Å². The third kappa shape index (κ3) is 4.30. The van der Waals surface area contributed by atoms with Crippen LogP contribution in [0.1, 0.15) is 59.3 Å². The molecular formula is C14H27NO2. The first-order valence-electron chi connectivity index (χ1n) is 6.83. The van der Waals surface area contributed by atoms with Gasteiger partial charge in [-0.25, -0.2) is 0 Å². The van der Waals surface area contributed by atoms with E-state index in [0.717, 1.165) is 0 Å². The number of hydrogen-bond donors (Lipinski definition) is 1. The lowest BCUT2D eigenvalue weighted by atomic mass is 9.92. The zero-order chi connectivity index (χ0) is 12.9. The Labute approximate surface area is 105 Å². The van der Waals surface area contributed by atoms with Crippen molar-refractivity contribution in [2.45, 2.75) is 70.9 Å². The second-order valence-electron chi connectivity index (χ2n) is 5.73. The van der Waals surface area contributed by atoms with Gasteiger partial charge in [-0.15, -0.1) is 0 Å². The molecule has 0 unspecified atom stereocenters. The number of rotatable bonds is 4. The lowest BCUT2D eigenvalue weighted by Gasteiger charge is -2.28. The highest BCUT2D eigenvalue weighted by atomic mass is 16.5. The van der Waals surface area contributed by atoms with Crippen molar-refractivity contribution in [2.75, 3.05) is 7.11 Å². The van der Waals surface area contributed by atoms with E-state index < -0.39 is 5.60 Å². The fourth-order valence-electron chi connectivity index (χ4n) is 2.40. The van der Waals surface area contributed by atoms with Gasteiger partial charge in [-0.3, -0.25) is 4.79 Å². The van der Waals surface area contributed by atoms with Gasteiger partial charge in [0.25, 0.3) is 5.91 Å². The summed E-state index contributed by atoms with van der Waals surface area (Å²) >= 11 is 0. The van der Waals surface area contributed by atoms with Gasteiger partial charge in [0.1, 0.15) is 5.60 Å². The highest BCUT2D eigenvalue weighted by Gasteiger charge is 2.30. The van der Waals surface area contributed by atoms with Crippen molar-refractivity contribution in [2.24, 2.45) is 5.92 Å². The van der Waals surface area contributed by atoms with Gasteiger partial charge in [-0.1, -0.05) is 25.7 Å². The predicted molar refractivity (Wildman–Crippen MR) is 69.9 cm³/mol. The van der Waals surface area contributed by atoms with E-state index in [1.807, 2.05) is 13.8 Å². The monoisotopic (exact) mass is 241 g/mol. The molecule has 1 amide bonds. The Hall–Kier alpha value is -0.570. The third-order valence-corrected chi connectivity index (χ3v) is 4.02. The fraction of sp³-hybridized carbons (Fsp3) is 0.929.